The predicted molar refractivity (Wildman–Crippen MR) is 85.1 cm³/mol. The molecule has 2 nitrogen and oxygen atoms in total. The van der Waals surface area contributed by atoms with E-state index in [-0.39, 0.29) is 6.10 Å². The van der Waals surface area contributed by atoms with Crippen LogP contribution in [0.3, 0.4) is 0 Å². The molecule has 0 fully saturated rings. The first-order valence-corrected chi connectivity index (χ1v) is 7.11. The van der Waals surface area contributed by atoms with Crippen molar-refractivity contribution in [3.05, 3.63) is 53.6 Å². The normalized spacial score (nSPS) is 10.8. The fourth-order valence-corrected chi connectivity index (χ4v) is 2.35. The molecule has 2 aromatic rings. The molecular weight excluding hydrogens is 246 g/mol. The van der Waals surface area contributed by atoms with Gasteiger partial charge in [-0.3, -0.25) is 0 Å². The Balaban J connectivity index is 2.23. The van der Waals surface area contributed by atoms with E-state index in [1.807, 2.05) is 33.0 Å². The molecule has 0 bridgehead atoms. The van der Waals surface area contributed by atoms with Crippen molar-refractivity contribution in [1.29, 1.82) is 0 Å². The van der Waals surface area contributed by atoms with Crippen LogP contribution in [0.4, 0.5) is 0 Å². The minimum atomic E-state index is 0.211. The fourth-order valence-electron chi connectivity index (χ4n) is 2.35. The van der Waals surface area contributed by atoms with Gasteiger partial charge in [-0.05, 0) is 62.2 Å². The van der Waals surface area contributed by atoms with Crippen molar-refractivity contribution in [3.8, 4) is 16.9 Å². The Bertz CT molecular complexity index is 558. The summed E-state index contributed by atoms with van der Waals surface area (Å²) in [4.78, 5) is 0. The molecule has 0 spiro atoms. The summed E-state index contributed by atoms with van der Waals surface area (Å²) in [6.45, 7) is 7.15. The van der Waals surface area contributed by atoms with Gasteiger partial charge in [0, 0.05) is 6.54 Å². The monoisotopic (exact) mass is 269 g/mol. The Morgan fingerprint density at radius 1 is 1.05 bits per heavy atom. The topological polar surface area (TPSA) is 21.3 Å². The lowest BCUT2D eigenvalue weighted by molar-refractivity contribution is 0.242. The van der Waals surface area contributed by atoms with E-state index in [1.54, 1.807) is 0 Å². The van der Waals surface area contributed by atoms with Gasteiger partial charge in [0.25, 0.3) is 0 Å². The van der Waals surface area contributed by atoms with Crippen LogP contribution in [0, 0.1) is 6.92 Å². The molecule has 106 valence electrons. The van der Waals surface area contributed by atoms with Crippen LogP contribution >= 0.6 is 0 Å². The van der Waals surface area contributed by atoms with Gasteiger partial charge in [0.15, 0.2) is 0 Å². The number of hydrogen-bond acceptors (Lipinski definition) is 2. The molecule has 20 heavy (non-hydrogen) atoms. The summed E-state index contributed by atoms with van der Waals surface area (Å²) in [7, 11) is 1.97. The molecule has 0 aliphatic carbocycles. The summed E-state index contributed by atoms with van der Waals surface area (Å²) in [5, 5.41) is 3.18. The maximum Gasteiger partial charge on any atom is 0.119 e. The van der Waals surface area contributed by atoms with Crippen LogP contribution in [0.2, 0.25) is 0 Å². The van der Waals surface area contributed by atoms with Crippen LogP contribution in [0.1, 0.15) is 25.0 Å². The Morgan fingerprint density at radius 2 is 1.75 bits per heavy atom. The molecule has 0 heterocycles. The molecule has 0 amide bonds. The summed E-state index contributed by atoms with van der Waals surface area (Å²) >= 11 is 0. The molecule has 1 N–H and O–H groups in total. The molecule has 2 aromatic carbocycles. The third-order valence-corrected chi connectivity index (χ3v) is 3.21. The third-order valence-electron chi connectivity index (χ3n) is 3.21. The van der Waals surface area contributed by atoms with Gasteiger partial charge in [0.05, 0.1) is 6.10 Å². The van der Waals surface area contributed by atoms with Crippen molar-refractivity contribution in [2.75, 3.05) is 7.05 Å². The Labute approximate surface area is 121 Å². The lowest BCUT2D eigenvalue weighted by atomic mass is 9.98. The van der Waals surface area contributed by atoms with Crippen LogP contribution in [0.5, 0.6) is 5.75 Å². The molecule has 0 saturated heterocycles. The summed E-state index contributed by atoms with van der Waals surface area (Å²) in [6, 6.07) is 14.9. The molecule has 2 rings (SSSR count). The van der Waals surface area contributed by atoms with E-state index in [0.29, 0.717) is 0 Å². The van der Waals surface area contributed by atoms with E-state index >= 15 is 0 Å². The van der Waals surface area contributed by atoms with Crippen LogP contribution in [0.25, 0.3) is 11.1 Å². The number of nitrogens with one attached hydrogen (secondary N) is 1. The van der Waals surface area contributed by atoms with Gasteiger partial charge in [0.1, 0.15) is 5.75 Å². The number of hydrogen-bond donors (Lipinski definition) is 1. The summed E-state index contributed by atoms with van der Waals surface area (Å²) < 4.78 is 5.68. The summed E-state index contributed by atoms with van der Waals surface area (Å²) in [5.41, 5.74) is 5.12. The van der Waals surface area contributed by atoms with Gasteiger partial charge in [-0.25, -0.2) is 0 Å². The van der Waals surface area contributed by atoms with E-state index in [4.69, 9.17) is 4.74 Å². The van der Waals surface area contributed by atoms with Gasteiger partial charge in [-0.15, -0.1) is 0 Å². The second-order valence-electron chi connectivity index (χ2n) is 5.37. The molecular formula is C18H23NO. The van der Waals surface area contributed by atoms with E-state index in [1.165, 1.54) is 22.3 Å². The maximum atomic E-state index is 5.68. The Hall–Kier alpha value is -1.80. The Morgan fingerprint density at radius 3 is 2.30 bits per heavy atom. The zero-order chi connectivity index (χ0) is 14.5. The average Bonchev–Trinajstić information content (AvgIpc) is 2.40. The van der Waals surface area contributed by atoms with Gasteiger partial charge in [-0.1, -0.05) is 30.3 Å². The third kappa shape index (κ3) is 3.61. The standard InChI is InChI=1S/C18H23NO/c1-13(2)20-17-8-6-16(7-9-17)18-10-5-15(12-19-4)11-14(18)3/h5-11,13,19H,12H2,1-4H3. The van der Waals surface area contributed by atoms with Crippen LogP contribution in [-0.4, -0.2) is 13.2 Å². The highest BCUT2D eigenvalue weighted by Crippen LogP contribution is 2.26. The van der Waals surface area contributed by atoms with Crippen molar-refractivity contribution in [3.63, 3.8) is 0 Å². The van der Waals surface area contributed by atoms with Crippen molar-refractivity contribution in [2.24, 2.45) is 0 Å². The number of rotatable bonds is 5. The van der Waals surface area contributed by atoms with Crippen molar-refractivity contribution in [2.45, 2.75) is 33.4 Å². The van der Waals surface area contributed by atoms with E-state index in [9.17, 15) is 0 Å². The average molecular weight is 269 g/mol. The Kier molecular flexibility index (Phi) is 4.80. The van der Waals surface area contributed by atoms with Crippen LogP contribution in [-0.2, 0) is 6.54 Å². The van der Waals surface area contributed by atoms with Gasteiger partial charge in [-0.2, -0.15) is 0 Å². The minimum absolute atomic E-state index is 0.211. The predicted octanol–water partition coefficient (Wildman–Crippen LogP) is 4.17. The maximum absolute atomic E-state index is 5.68. The van der Waals surface area contributed by atoms with E-state index in [0.717, 1.165) is 12.3 Å². The lowest BCUT2D eigenvalue weighted by Gasteiger charge is -2.12. The van der Waals surface area contributed by atoms with Crippen LogP contribution < -0.4 is 10.1 Å². The largest absolute Gasteiger partial charge is 0.491 e. The number of benzene rings is 2. The first-order valence-electron chi connectivity index (χ1n) is 7.11. The van der Waals surface area contributed by atoms with Crippen molar-refractivity contribution in [1.82, 2.24) is 5.32 Å². The van der Waals surface area contributed by atoms with Crippen molar-refractivity contribution < 1.29 is 4.74 Å². The molecule has 0 atom stereocenters. The molecule has 2 heteroatoms. The minimum Gasteiger partial charge on any atom is -0.491 e. The quantitative estimate of drug-likeness (QED) is 0.879. The molecule has 0 saturated carbocycles. The number of ether oxygens (including phenoxy) is 1. The zero-order valence-corrected chi connectivity index (χ0v) is 12.7. The van der Waals surface area contributed by atoms with Gasteiger partial charge in [0.2, 0.25) is 0 Å². The number of aryl methyl sites for hydroxylation is 1. The highest BCUT2D eigenvalue weighted by atomic mass is 16.5. The first-order chi connectivity index (χ1) is 9.60. The summed E-state index contributed by atoms with van der Waals surface area (Å²) in [6.07, 6.45) is 0.211. The van der Waals surface area contributed by atoms with E-state index < -0.39 is 0 Å². The highest BCUT2D eigenvalue weighted by molar-refractivity contribution is 5.68. The smallest absolute Gasteiger partial charge is 0.119 e. The second-order valence-corrected chi connectivity index (χ2v) is 5.37. The van der Waals surface area contributed by atoms with E-state index in [2.05, 4.69) is 42.6 Å². The highest BCUT2D eigenvalue weighted by Gasteiger charge is 2.04. The molecule has 0 radical (unpaired) electrons. The summed E-state index contributed by atoms with van der Waals surface area (Å²) in [5.74, 6) is 0.924. The van der Waals surface area contributed by atoms with Crippen LogP contribution in [0.15, 0.2) is 42.5 Å². The molecule has 0 aromatic heterocycles. The molecule has 0 unspecified atom stereocenters. The fraction of sp³-hybridized carbons (Fsp3) is 0.333. The molecule has 0 aliphatic rings. The molecule has 0 aliphatic heterocycles. The van der Waals surface area contributed by atoms with Gasteiger partial charge >= 0.3 is 0 Å². The van der Waals surface area contributed by atoms with Crippen molar-refractivity contribution >= 4 is 0 Å². The zero-order valence-electron chi connectivity index (χ0n) is 12.7. The SMILES string of the molecule is CNCc1ccc(-c2ccc(OC(C)C)cc2)c(C)c1. The first kappa shape index (κ1) is 14.6. The lowest BCUT2D eigenvalue weighted by Crippen LogP contribution is -2.05. The van der Waals surface area contributed by atoms with Gasteiger partial charge < -0.3 is 10.1 Å². The second kappa shape index (κ2) is 6.58.